The van der Waals surface area contributed by atoms with Crippen molar-refractivity contribution in [1.29, 1.82) is 0 Å². The van der Waals surface area contributed by atoms with Crippen molar-refractivity contribution in [1.82, 2.24) is 19.8 Å². The molecule has 0 spiro atoms. The number of aryl methyl sites for hydroxylation is 1. The SMILES string of the molecule is Cc1nccn1C[C@H](C)C(=O)N1C[C@@H](c2cccc(F)c2)[C@@H]2NCCCCC[C@H]21. The highest BCUT2D eigenvalue weighted by Gasteiger charge is 2.45. The van der Waals surface area contributed by atoms with Crippen LogP contribution in [-0.4, -0.2) is 45.5 Å². The summed E-state index contributed by atoms with van der Waals surface area (Å²) < 4.78 is 16.0. The molecule has 2 aliphatic heterocycles. The zero-order valence-corrected chi connectivity index (χ0v) is 17.4. The van der Waals surface area contributed by atoms with Crippen LogP contribution in [0.2, 0.25) is 0 Å². The smallest absolute Gasteiger partial charge is 0.227 e. The summed E-state index contributed by atoms with van der Waals surface area (Å²) in [6.45, 7) is 6.21. The number of carbonyl (C=O) groups excluding carboxylic acids is 1. The van der Waals surface area contributed by atoms with Crippen molar-refractivity contribution in [3.63, 3.8) is 0 Å². The first-order chi connectivity index (χ1) is 14.0. The summed E-state index contributed by atoms with van der Waals surface area (Å²) in [6, 6.07) is 7.24. The van der Waals surface area contributed by atoms with Crippen molar-refractivity contribution in [2.45, 2.75) is 64.1 Å². The van der Waals surface area contributed by atoms with Crippen molar-refractivity contribution in [2.75, 3.05) is 13.1 Å². The molecular weight excluding hydrogens is 367 g/mol. The van der Waals surface area contributed by atoms with Gasteiger partial charge >= 0.3 is 0 Å². The molecule has 5 nitrogen and oxygen atoms in total. The van der Waals surface area contributed by atoms with Gasteiger partial charge in [0.25, 0.3) is 0 Å². The lowest BCUT2D eigenvalue weighted by molar-refractivity contribution is -0.136. The molecule has 0 saturated carbocycles. The number of benzene rings is 1. The number of halogens is 1. The molecule has 2 fully saturated rings. The Morgan fingerprint density at radius 2 is 2.21 bits per heavy atom. The van der Waals surface area contributed by atoms with E-state index in [9.17, 15) is 9.18 Å². The van der Waals surface area contributed by atoms with Crippen LogP contribution in [0.5, 0.6) is 0 Å². The Bertz CT molecular complexity index is 851. The number of nitrogens with one attached hydrogen (secondary N) is 1. The standard InChI is InChI=1S/C23H31FN4O/c1-16(14-27-12-11-25-17(27)2)23(29)28-15-20(18-7-6-8-19(24)13-18)22-21(28)9-4-3-5-10-26-22/h6-8,11-13,16,20-22,26H,3-5,9-10,14-15H2,1-2H3/t16-,20-,21+,22-/m0/s1. The zero-order valence-electron chi connectivity index (χ0n) is 17.4. The zero-order chi connectivity index (χ0) is 20.4. The second kappa shape index (κ2) is 8.66. The predicted molar refractivity (Wildman–Crippen MR) is 111 cm³/mol. The van der Waals surface area contributed by atoms with Crippen LogP contribution in [0.3, 0.4) is 0 Å². The van der Waals surface area contributed by atoms with E-state index in [1.54, 1.807) is 18.3 Å². The topological polar surface area (TPSA) is 50.2 Å². The third-order valence-corrected chi connectivity index (χ3v) is 6.57. The molecule has 2 aromatic rings. The van der Waals surface area contributed by atoms with Gasteiger partial charge in [0.15, 0.2) is 0 Å². The molecule has 2 saturated heterocycles. The fourth-order valence-electron chi connectivity index (χ4n) is 5.02. The van der Waals surface area contributed by atoms with Gasteiger partial charge in [0.1, 0.15) is 11.6 Å². The maximum atomic E-state index is 13.9. The Hall–Kier alpha value is -2.21. The molecule has 3 heterocycles. The molecule has 0 aliphatic carbocycles. The maximum Gasteiger partial charge on any atom is 0.227 e. The van der Waals surface area contributed by atoms with Gasteiger partial charge in [0, 0.05) is 43.5 Å². The van der Waals surface area contributed by atoms with Crippen LogP contribution >= 0.6 is 0 Å². The van der Waals surface area contributed by atoms with Crippen LogP contribution in [0.4, 0.5) is 4.39 Å². The lowest BCUT2D eigenvalue weighted by atomic mass is 9.88. The number of nitrogens with zero attached hydrogens (tertiary/aromatic N) is 3. The Labute approximate surface area is 172 Å². The van der Waals surface area contributed by atoms with Crippen LogP contribution < -0.4 is 5.32 Å². The second-order valence-corrected chi connectivity index (χ2v) is 8.58. The minimum Gasteiger partial charge on any atom is -0.337 e. The minimum atomic E-state index is -0.210. The molecule has 4 atom stereocenters. The largest absolute Gasteiger partial charge is 0.337 e. The molecule has 2 aliphatic rings. The van der Waals surface area contributed by atoms with E-state index in [0.717, 1.165) is 37.2 Å². The molecule has 156 valence electrons. The monoisotopic (exact) mass is 398 g/mol. The number of fused-ring (bicyclic) bond motifs is 1. The molecule has 0 unspecified atom stereocenters. The number of likely N-dealkylation sites (tertiary alicyclic amines) is 1. The third kappa shape index (κ3) is 4.22. The lowest BCUT2D eigenvalue weighted by Crippen LogP contribution is -2.48. The van der Waals surface area contributed by atoms with Crippen molar-refractivity contribution in [3.8, 4) is 0 Å². The number of amides is 1. The van der Waals surface area contributed by atoms with E-state index in [4.69, 9.17) is 0 Å². The van der Waals surface area contributed by atoms with E-state index in [0.29, 0.717) is 13.1 Å². The minimum absolute atomic E-state index is 0.125. The summed E-state index contributed by atoms with van der Waals surface area (Å²) in [7, 11) is 0. The molecule has 6 heteroatoms. The van der Waals surface area contributed by atoms with Crippen LogP contribution in [0, 0.1) is 18.7 Å². The molecule has 1 N–H and O–H groups in total. The molecule has 1 amide bonds. The number of hydrogen-bond acceptors (Lipinski definition) is 3. The highest BCUT2D eigenvalue weighted by Crippen LogP contribution is 2.36. The molecule has 4 rings (SSSR count). The summed E-state index contributed by atoms with van der Waals surface area (Å²) in [5.74, 6) is 0.905. The van der Waals surface area contributed by atoms with Gasteiger partial charge < -0.3 is 14.8 Å². The number of hydrogen-bond donors (Lipinski definition) is 1. The molecule has 29 heavy (non-hydrogen) atoms. The predicted octanol–water partition coefficient (Wildman–Crippen LogP) is 3.49. The first-order valence-corrected chi connectivity index (χ1v) is 10.8. The van der Waals surface area contributed by atoms with Crippen LogP contribution in [0.15, 0.2) is 36.7 Å². The van der Waals surface area contributed by atoms with Gasteiger partial charge in [-0.05, 0) is 44.0 Å². The first-order valence-electron chi connectivity index (χ1n) is 10.8. The van der Waals surface area contributed by atoms with E-state index < -0.39 is 0 Å². The summed E-state index contributed by atoms with van der Waals surface area (Å²) >= 11 is 0. The number of imidazole rings is 1. The van der Waals surface area contributed by atoms with Crippen LogP contribution in [-0.2, 0) is 11.3 Å². The van der Waals surface area contributed by atoms with Crippen molar-refractivity contribution < 1.29 is 9.18 Å². The van der Waals surface area contributed by atoms with Gasteiger partial charge in [-0.15, -0.1) is 0 Å². The van der Waals surface area contributed by atoms with E-state index in [1.165, 1.54) is 12.5 Å². The normalized spacial score (nSPS) is 25.9. The Morgan fingerprint density at radius 3 is 2.97 bits per heavy atom. The fourth-order valence-corrected chi connectivity index (χ4v) is 5.02. The average molecular weight is 399 g/mol. The Morgan fingerprint density at radius 1 is 1.34 bits per heavy atom. The van der Waals surface area contributed by atoms with E-state index in [1.807, 2.05) is 30.7 Å². The van der Waals surface area contributed by atoms with Gasteiger partial charge in [-0.2, -0.15) is 0 Å². The highest BCUT2D eigenvalue weighted by atomic mass is 19.1. The lowest BCUT2D eigenvalue weighted by Gasteiger charge is -2.32. The number of rotatable bonds is 4. The van der Waals surface area contributed by atoms with Crippen LogP contribution in [0.1, 0.15) is 49.9 Å². The van der Waals surface area contributed by atoms with E-state index in [-0.39, 0.29) is 35.6 Å². The molecular formula is C23H31FN4O. The Kier molecular flexibility index (Phi) is 5.99. The van der Waals surface area contributed by atoms with E-state index >= 15 is 0 Å². The highest BCUT2D eigenvalue weighted by molar-refractivity contribution is 5.79. The second-order valence-electron chi connectivity index (χ2n) is 8.58. The van der Waals surface area contributed by atoms with Crippen LogP contribution in [0.25, 0.3) is 0 Å². The van der Waals surface area contributed by atoms with Gasteiger partial charge in [0.05, 0.1) is 5.92 Å². The van der Waals surface area contributed by atoms with Gasteiger partial charge in [-0.1, -0.05) is 31.9 Å². The number of aromatic nitrogens is 2. The maximum absolute atomic E-state index is 13.9. The van der Waals surface area contributed by atoms with Gasteiger partial charge in [0.2, 0.25) is 5.91 Å². The molecule has 0 radical (unpaired) electrons. The third-order valence-electron chi connectivity index (χ3n) is 6.57. The molecule has 0 bridgehead atoms. The average Bonchev–Trinajstić information content (AvgIpc) is 3.24. The Balaban J connectivity index is 1.57. The quantitative estimate of drug-likeness (QED) is 0.858. The summed E-state index contributed by atoms with van der Waals surface area (Å²) in [5.41, 5.74) is 0.987. The van der Waals surface area contributed by atoms with Crippen molar-refractivity contribution in [3.05, 3.63) is 53.9 Å². The van der Waals surface area contributed by atoms with Crippen molar-refractivity contribution >= 4 is 5.91 Å². The summed E-state index contributed by atoms with van der Waals surface area (Å²) in [5, 5.41) is 3.70. The van der Waals surface area contributed by atoms with E-state index in [2.05, 4.69) is 15.2 Å². The van der Waals surface area contributed by atoms with Gasteiger partial charge in [-0.3, -0.25) is 4.79 Å². The number of carbonyl (C=O) groups is 1. The first kappa shape index (κ1) is 20.1. The summed E-state index contributed by atoms with van der Waals surface area (Å²) in [6.07, 6.45) is 8.19. The fraction of sp³-hybridized carbons (Fsp3) is 0.565. The summed E-state index contributed by atoms with van der Waals surface area (Å²) in [4.78, 5) is 19.8. The van der Waals surface area contributed by atoms with Crippen molar-refractivity contribution in [2.24, 2.45) is 5.92 Å². The molecule has 1 aromatic carbocycles. The molecule has 1 aromatic heterocycles. The van der Waals surface area contributed by atoms with Gasteiger partial charge in [-0.25, -0.2) is 9.37 Å².